The Morgan fingerprint density at radius 2 is 2.00 bits per heavy atom. The minimum Gasteiger partial charge on any atom is -0.406 e. The second kappa shape index (κ2) is 5.53. The highest BCUT2D eigenvalue weighted by Crippen LogP contribution is 2.28. The number of aliphatic hydroxyl groups excluding tert-OH is 1. The molecule has 0 spiro atoms. The molecular weight excluding hydrogens is 254 g/mol. The van der Waals surface area contributed by atoms with E-state index in [9.17, 15) is 22.7 Å². The van der Waals surface area contributed by atoms with Crippen molar-refractivity contribution in [2.75, 3.05) is 0 Å². The van der Waals surface area contributed by atoms with Gasteiger partial charge >= 0.3 is 6.36 Å². The van der Waals surface area contributed by atoms with Gasteiger partial charge in [-0.3, -0.25) is 0 Å². The summed E-state index contributed by atoms with van der Waals surface area (Å²) in [4.78, 5) is 0. The highest BCUT2D eigenvalue weighted by Gasteiger charge is 2.31. The molecule has 0 saturated heterocycles. The lowest BCUT2D eigenvalue weighted by Crippen LogP contribution is -2.26. The van der Waals surface area contributed by atoms with Crippen molar-refractivity contribution in [2.24, 2.45) is 5.73 Å². The first-order valence-electron chi connectivity index (χ1n) is 5.23. The minimum atomic E-state index is -4.86. The Bertz CT molecular complexity index is 409. The molecule has 0 radical (unpaired) electrons. The molecule has 3 N–H and O–H groups in total. The fourth-order valence-corrected chi connectivity index (χ4v) is 1.44. The second-order valence-corrected chi connectivity index (χ2v) is 3.73. The minimum absolute atomic E-state index is 0.217. The Labute approximate surface area is 101 Å². The first kappa shape index (κ1) is 14.7. The number of nitrogens with two attached hydrogens (primary N) is 1. The van der Waals surface area contributed by atoms with Crippen LogP contribution in [0.25, 0.3) is 0 Å². The average molecular weight is 267 g/mol. The van der Waals surface area contributed by atoms with Crippen molar-refractivity contribution in [1.29, 1.82) is 0 Å². The molecule has 7 heteroatoms. The molecule has 0 heterocycles. The van der Waals surface area contributed by atoms with E-state index >= 15 is 0 Å². The smallest absolute Gasteiger partial charge is 0.406 e. The van der Waals surface area contributed by atoms with Crippen molar-refractivity contribution < 1.29 is 27.4 Å². The Morgan fingerprint density at radius 3 is 2.50 bits per heavy atom. The van der Waals surface area contributed by atoms with Crippen molar-refractivity contribution in [2.45, 2.75) is 31.9 Å². The topological polar surface area (TPSA) is 55.5 Å². The van der Waals surface area contributed by atoms with Crippen LogP contribution in [0.3, 0.4) is 0 Å². The first-order valence-corrected chi connectivity index (χ1v) is 5.23. The number of rotatable bonds is 4. The zero-order valence-electron chi connectivity index (χ0n) is 9.54. The van der Waals surface area contributed by atoms with E-state index in [1.165, 1.54) is 0 Å². The average Bonchev–Trinajstić information content (AvgIpc) is 2.28. The highest BCUT2D eigenvalue weighted by molar-refractivity contribution is 5.32. The van der Waals surface area contributed by atoms with E-state index in [1.54, 1.807) is 6.92 Å². The molecule has 0 aliphatic carbocycles. The van der Waals surface area contributed by atoms with E-state index in [1.807, 2.05) is 0 Å². The third-order valence-electron chi connectivity index (χ3n) is 2.39. The van der Waals surface area contributed by atoms with Crippen LogP contribution in [0.1, 0.15) is 24.9 Å². The second-order valence-electron chi connectivity index (χ2n) is 3.73. The maximum absolute atomic E-state index is 13.4. The van der Waals surface area contributed by atoms with Crippen LogP contribution in [0.15, 0.2) is 18.2 Å². The third kappa shape index (κ3) is 3.85. The van der Waals surface area contributed by atoms with Gasteiger partial charge in [-0.25, -0.2) is 4.39 Å². The van der Waals surface area contributed by atoms with Crippen molar-refractivity contribution >= 4 is 0 Å². The van der Waals surface area contributed by atoms with E-state index in [4.69, 9.17) is 5.73 Å². The molecule has 0 saturated carbocycles. The molecule has 0 amide bonds. The van der Waals surface area contributed by atoms with Gasteiger partial charge in [-0.15, -0.1) is 13.2 Å². The zero-order valence-corrected chi connectivity index (χ0v) is 9.54. The summed E-state index contributed by atoms with van der Waals surface area (Å²) in [7, 11) is 0. The standard InChI is InChI=1S/C11H13F4NO2/c1-2-9(17)10(16)7-5-6(3-4-8(7)12)18-11(13,14)15/h3-5,9-10,17H,2,16H2,1H3/t9-,10+/m0/s1. The van der Waals surface area contributed by atoms with Crippen molar-refractivity contribution in [3.8, 4) is 5.75 Å². The summed E-state index contributed by atoms with van der Waals surface area (Å²) in [6.07, 6.45) is -5.64. The lowest BCUT2D eigenvalue weighted by atomic mass is 10.00. The van der Waals surface area contributed by atoms with Gasteiger partial charge in [0.25, 0.3) is 0 Å². The van der Waals surface area contributed by atoms with E-state index < -0.39 is 30.1 Å². The lowest BCUT2D eigenvalue weighted by molar-refractivity contribution is -0.274. The number of alkyl halides is 3. The van der Waals surface area contributed by atoms with Crippen molar-refractivity contribution in [1.82, 2.24) is 0 Å². The molecule has 1 aromatic carbocycles. The molecule has 18 heavy (non-hydrogen) atoms. The summed E-state index contributed by atoms with van der Waals surface area (Å²) in [5.74, 6) is -1.36. The summed E-state index contributed by atoms with van der Waals surface area (Å²) < 4.78 is 53.1. The van der Waals surface area contributed by atoms with E-state index in [0.717, 1.165) is 18.2 Å². The summed E-state index contributed by atoms with van der Waals surface area (Å²) in [5, 5.41) is 9.47. The molecule has 0 bridgehead atoms. The van der Waals surface area contributed by atoms with Gasteiger partial charge in [0.2, 0.25) is 0 Å². The number of halogens is 4. The molecule has 0 aliphatic rings. The van der Waals surface area contributed by atoms with Crippen LogP contribution in [0.2, 0.25) is 0 Å². The quantitative estimate of drug-likeness (QED) is 0.824. The van der Waals surface area contributed by atoms with Gasteiger partial charge in [0.1, 0.15) is 11.6 Å². The number of hydrogen-bond donors (Lipinski definition) is 2. The van der Waals surface area contributed by atoms with Gasteiger partial charge in [0.15, 0.2) is 0 Å². The molecule has 0 fully saturated rings. The highest BCUT2D eigenvalue weighted by atomic mass is 19.4. The van der Waals surface area contributed by atoms with E-state index in [-0.39, 0.29) is 12.0 Å². The lowest BCUT2D eigenvalue weighted by Gasteiger charge is -2.19. The summed E-state index contributed by atoms with van der Waals surface area (Å²) in [6, 6.07) is 1.40. The van der Waals surface area contributed by atoms with Crippen LogP contribution in [0.5, 0.6) is 5.75 Å². The Balaban J connectivity index is 3.01. The summed E-state index contributed by atoms with van der Waals surface area (Å²) in [5.41, 5.74) is 5.34. The first-order chi connectivity index (χ1) is 8.24. The van der Waals surface area contributed by atoms with Crippen LogP contribution in [0, 0.1) is 5.82 Å². The molecule has 102 valence electrons. The zero-order chi connectivity index (χ0) is 13.9. The number of aliphatic hydroxyl groups is 1. The third-order valence-corrected chi connectivity index (χ3v) is 2.39. The fourth-order valence-electron chi connectivity index (χ4n) is 1.44. The SMILES string of the molecule is CC[C@H](O)[C@H](N)c1cc(OC(F)(F)F)ccc1F. The predicted molar refractivity (Wildman–Crippen MR) is 56.3 cm³/mol. The normalized spacial score (nSPS) is 15.3. The number of ether oxygens (including phenoxy) is 1. The molecular formula is C11H13F4NO2. The van der Waals surface area contributed by atoms with Crippen LogP contribution >= 0.6 is 0 Å². The molecule has 0 aromatic heterocycles. The maximum Gasteiger partial charge on any atom is 0.573 e. The largest absolute Gasteiger partial charge is 0.573 e. The molecule has 1 aromatic rings. The van der Waals surface area contributed by atoms with E-state index in [2.05, 4.69) is 4.74 Å². The van der Waals surface area contributed by atoms with Crippen LogP contribution in [-0.4, -0.2) is 17.6 Å². The van der Waals surface area contributed by atoms with Gasteiger partial charge < -0.3 is 15.6 Å². The van der Waals surface area contributed by atoms with Gasteiger partial charge in [-0.2, -0.15) is 0 Å². The number of hydrogen-bond acceptors (Lipinski definition) is 3. The van der Waals surface area contributed by atoms with E-state index in [0.29, 0.717) is 0 Å². The van der Waals surface area contributed by atoms with Crippen LogP contribution < -0.4 is 10.5 Å². The van der Waals surface area contributed by atoms with Gasteiger partial charge in [0.05, 0.1) is 12.1 Å². The predicted octanol–water partition coefficient (Wildman–Crippen LogP) is 2.50. The van der Waals surface area contributed by atoms with Crippen LogP contribution in [-0.2, 0) is 0 Å². The van der Waals surface area contributed by atoms with Gasteiger partial charge in [0, 0.05) is 5.56 Å². The Kier molecular flexibility index (Phi) is 4.53. The van der Waals surface area contributed by atoms with Crippen molar-refractivity contribution in [3.05, 3.63) is 29.6 Å². The number of benzene rings is 1. The van der Waals surface area contributed by atoms with Gasteiger partial charge in [-0.1, -0.05) is 6.92 Å². The summed E-state index contributed by atoms with van der Waals surface area (Å²) >= 11 is 0. The molecule has 2 atom stereocenters. The van der Waals surface area contributed by atoms with Gasteiger partial charge in [-0.05, 0) is 24.6 Å². The maximum atomic E-state index is 13.4. The van der Waals surface area contributed by atoms with Crippen LogP contribution in [0.4, 0.5) is 17.6 Å². The summed E-state index contributed by atoms with van der Waals surface area (Å²) in [6.45, 7) is 1.62. The molecule has 0 unspecified atom stereocenters. The molecule has 3 nitrogen and oxygen atoms in total. The fraction of sp³-hybridized carbons (Fsp3) is 0.455. The monoisotopic (exact) mass is 267 g/mol. The molecule has 0 aliphatic heterocycles. The van der Waals surface area contributed by atoms with Crippen molar-refractivity contribution in [3.63, 3.8) is 0 Å². The Hall–Kier alpha value is -1.34. The molecule has 1 rings (SSSR count). The Morgan fingerprint density at radius 1 is 1.39 bits per heavy atom.